The number of aryl methyl sites for hydroxylation is 3. The van der Waals surface area contributed by atoms with Crippen LogP contribution in [0.25, 0.3) is 0 Å². The maximum atomic E-state index is 2.32. The molecule has 84 valence electrons. The normalized spacial score (nSPS) is 11.8. The predicted octanol–water partition coefficient (Wildman–Crippen LogP) is 4.67. The van der Waals surface area contributed by atoms with Crippen molar-refractivity contribution in [3.8, 4) is 0 Å². The summed E-state index contributed by atoms with van der Waals surface area (Å²) >= 11 is 0. The van der Waals surface area contributed by atoms with Crippen LogP contribution < -0.4 is 0 Å². The van der Waals surface area contributed by atoms with Crippen molar-refractivity contribution in [2.24, 2.45) is 5.41 Å². The molecular formula is C15H24. The molecule has 0 N–H and O–H groups in total. The smallest absolute Gasteiger partial charge is 0.0278 e. The summed E-state index contributed by atoms with van der Waals surface area (Å²) in [6.45, 7) is 11.3. The van der Waals surface area contributed by atoms with Crippen molar-refractivity contribution >= 4 is 0 Å². The van der Waals surface area contributed by atoms with E-state index in [1.807, 2.05) is 0 Å². The van der Waals surface area contributed by atoms with Crippen molar-refractivity contribution in [2.75, 3.05) is 0 Å². The maximum Gasteiger partial charge on any atom is -0.0278 e. The van der Waals surface area contributed by atoms with Gasteiger partial charge in [-0.15, -0.1) is 0 Å². The molecule has 0 bridgehead atoms. The minimum atomic E-state index is 0.471. The molecule has 0 spiro atoms. The Bertz CT molecular complexity index is 295. The Hall–Kier alpha value is -0.780. The minimum Gasteiger partial charge on any atom is -0.0602 e. The van der Waals surface area contributed by atoms with E-state index in [-0.39, 0.29) is 0 Å². The van der Waals surface area contributed by atoms with Crippen LogP contribution in [0.15, 0.2) is 18.2 Å². The lowest BCUT2D eigenvalue weighted by Gasteiger charge is -2.17. The van der Waals surface area contributed by atoms with E-state index in [0.29, 0.717) is 5.41 Å². The van der Waals surface area contributed by atoms with E-state index in [0.717, 1.165) is 0 Å². The topological polar surface area (TPSA) is 0 Å². The fraction of sp³-hybridized carbons (Fsp3) is 0.600. The van der Waals surface area contributed by atoms with Gasteiger partial charge in [0.2, 0.25) is 0 Å². The molecule has 0 unspecified atom stereocenters. The van der Waals surface area contributed by atoms with Gasteiger partial charge < -0.3 is 0 Å². The minimum absolute atomic E-state index is 0.471. The Morgan fingerprint density at radius 3 is 1.93 bits per heavy atom. The Kier molecular flexibility index (Phi) is 3.96. The van der Waals surface area contributed by atoms with Crippen LogP contribution in [0, 0.1) is 19.3 Å². The second-order valence-corrected chi connectivity index (χ2v) is 5.91. The third-order valence-electron chi connectivity index (χ3n) is 2.67. The molecule has 0 heteroatoms. The molecule has 0 amide bonds. The summed E-state index contributed by atoms with van der Waals surface area (Å²) in [6, 6.07) is 6.87. The fourth-order valence-electron chi connectivity index (χ4n) is 2.04. The first-order valence-electron chi connectivity index (χ1n) is 5.94. The van der Waals surface area contributed by atoms with Crippen LogP contribution in [-0.2, 0) is 6.42 Å². The quantitative estimate of drug-likeness (QED) is 0.671. The molecule has 0 nitrogen and oxygen atoms in total. The second-order valence-electron chi connectivity index (χ2n) is 5.91. The van der Waals surface area contributed by atoms with E-state index in [2.05, 4.69) is 52.8 Å². The summed E-state index contributed by atoms with van der Waals surface area (Å²) in [6.07, 6.45) is 3.83. The van der Waals surface area contributed by atoms with Gasteiger partial charge in [0, 0.05) is 0 Å². The van der Waals surface area contributed by atoms with Crippen molar-refractivity contribution in [3.63, 3.8) is 0 Å². The Morgan fingerprint density at radius 2 is 1.47 bits per heavy atom. The Labute approximate surface area is 94.7 Å². The number of rotatable bonds is 3. The van der Waals surface area contributed by atoms with E-state index >= 15 is 0 Å². The largest absolute Gasteiger partial charge is 0.0602 e. The van der Waals surface area contributed by atoms with Crippen LogP contribution in [0.5, 0.6) is 0 Å². The average molecular weight is 204 g/mol. The van der Waals surface area contributed by atoms with E-state index in [1.165, 1.54) is 36.0 Å². The molecule has 0 aromatic heterocycles. The highest BCUT2D eigenvalue weighted by atomic mass is 14.1. The third-order valence-corrected chi connectivity index (χ3v) is 2.67. The Morgan fingerprint density at radius 1 is 0.933 bits per heavy atom. The molecule has 0 heterocycles. The summed E-state index contributed by atoms with van der Waals surface area (Å²) in [5.74, 6) is 0. The molecule has 1 aromatic carbocycles. The van der Waals surface area contributed by atoms with Gasteiger partial charge in [0.1, 0.15) is 0 Å². The Balaban J connectivity index is 2.51. The van der Waals surface area contributed by atoms with Crippen LogP contribution >= 0.6 is 0 Å². The molecule has 0 atom stereocenters. The zero-order chi connectivity index (χ0) is 11.5. The SMILES string of the molecule is Cc1cc(C)cc(CCCC(C)(C)C)c1. The highest BCUT2D eigenvalue weighted by Gasteiger charge is 2.09. The van der Waals surface area contributed by atoms with Gasteiger partial charge in [-0.1, -0.05) is 50.1 Å². The molecule has 0 saturated carbocycles. The predicted molar refractivity (Wildman–Crippen MR) is 68.3 cm³/mol. The van der Waals surface area contributed by atoms with E-state index in [9.17, 15) is 0 Å². The van der Waals surface area contributed by atoms with Crippen molar-refractivity contribution in [2.45, 2.75) is 53.9 Å². The van der Waals surface area contributed by atoms with Gasteiger partial charge in [0.15, 0.2) is 0 Å². The molecular weight excluding hydrogens is 180 g/mol. The number of benzene rings is 1. The summed E-state index contributed by atoms with van der Waals surface area (Å²) < 4.78 is 0. The molecule has 0 aliphatic heterocycles. The lowest BCUT2D eigenvalue weighted by molar-refractivity contribution is 0.365. The fourth-order valence-corrected chi connectivity index (χ4v) is 2.04. The van der Waals surface area contributed by atoms with Gasteiger partial charge in [0.05, 0.1) is 0 Å². The van der Waals surface area contributed by atoms with Crippen molar-refractivity contribution in [1.82, 2.24) is 0 Å². The molecule has 0 fully saturated rings. The molecule has 0 aliphatic rings. The van der Waals surface area contributed by atoms with Crippen LogP contribution in [0.2, 0.25) is 0 Å². The van der Waals surface area contributed by atoms with Crippen LogP contribution in [0.4, 0.5) is 0 Å². The number of hydrogen-bond donors (Lipinski definition) is 0. The van der Waals surface area contributed by atoms with E-state index in [1.54, 1.807) is 0 Å². The molecule has 1 aromatic rings. The lowest BCUT2D eigenvalue weighted by atomic mass is 9.89. The summed E-state index contributed by atoms with van der Waals surface area (Å²) in [5.41, 5.74) is 4.75. The maximum absolute atomic E-state index is 2.32. The van der Waals surface area contributed by atoms with Gasteiger partial charge in [0.25, 0.3) is 0 Å². The molecule has 1 rings (SSSR count). The van der Waals surface area contributed by atoms with Gasteiger partial charge in [-0.3, -0.25) is 0 Å². The van der Waals surface area contributed by atoms with Crippen molar-refractivity contribution < 1.29 is 0 Å². The zero-order valence-electron chi connectivity index (χ0n) is 10.9. The first-order chi connectivity index (χ1) is 6.87. The molecule has 15 heavy (non-hydrogen) atoms. The monoisotopic (exact) mass is 204 g/mol. The first-order valence-corrected chi connectivity index (χ1v) is 5.94. The first kappa shape index (κ1) is 12.3. The molecule has 0 radical (unpaired) electrons. The lowest BCUT2D eigenvalue weighted by Crippen LogP contribution is -2.05. The van der Waals surface area contributed by atoms with E-state index in [4.69, 9.17) is 0 Å². The highest BCUT2D eigenvalue weighted by molar-refractivity contribution is 5.28. The second kappa shape index (κ2) is 4.83. The van der Waals surface area contributed by atoms with Crippen LogP contribution in [-0.4, -0.2) is 0 Å². The van der Waals surface area contributed by atoms with Crippen molar-refractivity contribution in [1.29, 1.82) is 0 Å². The highest BCUT2D eigenvalue weighted by Crippen LogP contribution is 2.22. The van der Waals surface area contributed by atoms with Crippen LogP contribution in [0.3, 0.4) is 0 Å². The van der Waals surface area contributed by atoms with Crippen LogP contribution in [0.1, 0.15) is 50.3 Å². The third kappa shape index (κ3) is 5.01. The molecule has 0 aliphatic carbocycles. The van der Waals surface area contributed by atoms with Gasteiger partial charge in [-0.05, 0) is 44.1 Å². The standard InChI is InChI=1S/C15H24/c1-12-9-13(2)11-14(10-12)7-6-8-15(3,4)5/h9-11H,6-8H2,1-5H3. The van der Waals surface area contributed by atoms with Gasteiger partial charge >= 0.3 is 0 Å². The zero-order valence-corrected chi connectivity index (χ0v) is 10.9. The van der Waals surface area contributed by atoms with Crippen molar-refractivity contribution in [3.05, 3.63) is 34.9 Å². The number of hydrogen-bond acceptors (Lipinski definition) is 0. The summed E-state index contributed by atoms with van der Waals surface area (Å²) in [5, 5.41) is 0. The van der Waals surface area contributed by atoms with E-state index < -0.39 is 0 Å². The summed E-state index contributed by atoms with van der Waals surface area (Å²) in [7, 11) is 0. The average Bonchev–Trinajstić information content (AvgIpc) is 1.99. The summed E-state index contributed by atoms with van der Waals surface area (Å²) in [4.78, 5) is 0. The van der Waals surface area contributed by atoms with Gasteiger partial charge in [-0.2, -0.15) is 0 Å². The van der Waals surface area contributed by atoms with Gasteiger partial charge in [-0.25, -0.2) is 0 Å². The molecule has 0 saturated heterocycles.